The van der Waals surface area contributed by atoms with Crippen molar-refractivity contribution in [2.45, 2.75) is 31.8 Å². The van der Waals surface area contributed by atoms with Crippen molar-refractivity contribution < 1.29 is 19.4 Å². The van der Waals surface area contributed by atoms with Crippen LogP contribution in [-0.4, -0.2) is 23.1 Å². The number of carboxylic acids is 1. The van der Waals surface area contributed by atoms with Gasteiger partial charge < -0.3 is 9.84 Å². The summed E-state index contributed by atoms with van der Waals surface area (Å²) in [4.78, 5) is 21.0. The van der Waals surface area contributed by atoms with Gasteiger partial charge in [-0.2, -0.15) is 0 Å². The summed E-state index contributed by atoms with van der Waals surface area (Å²) in [5.41, 5.74) is 0. The van der Waals surface area contributed by atoms with E-state index in [9.17, 15) is 9.59 Å². The molecule has 0 unspecified atom stereocenters. The van der Waals surface area contributed by atoms with Crippen LogP contribution in [-0.2, 0) is 14.3 Å². The molecule has 0 bridgehead atoms. The standard InChI is InChI=1S/C9H12O4/c10-8(11)5-6-9(12)13-7-3-1-2-4-7/h5-7H,1-4H2,(H,10,11)/b6-5+. The van der Waals surface area contributed by atoms with Crippen LogP contribution in [0.15, 0.2) is 12.2 Å². The van der Waals surface area contributed by atoms with E-state index in [4.69, 9.17) is 9.84 Å². The van der Waals surface area contributed by atoms with Crippen molar-refractivity contribution in [3.8, 4) is 0 Å². The van der Waals surface area contributed by atoms with E-state index in [1.165, 1.54) is 0 Å². The molecule has 1 aliphatic carbocycles. The van der Waals surface area contributed by atoms with Gasteiger partial charge in [-0.3, -0.25) is 0 Å². The van der Waals surface area contributed by atoms with Crippen LogP contribution >= 0.6 is 0 Å². The lowest BCUT2D eigenvalue weighted by molar-refractivity contribution is -0.143. The Bertz CT molecular complexity index is 226. The van der Waals surface area contributed by atoms with Crippen molar-refractivity contribution in [1.29, 1.82) is 0 Å². The Hall–Kier alpha value is -1.32. The Balaban J connectivity index is 2.28. The van der Waals surface area contributed by atoms with Gasteiger partial charge in [0.2, 0.25) is 0 Å². The number of carbonyl (C=O) groups excluding carboxylic acids is 1. The lowest BCUT2D eigenvalue weighted by Crippen LogP contribution is -2.12. The van der Waals surface area contributed by atoms with Gasteiger partial charge in [0.15, 0.2) is 0 Å². The lowest BCUT2D eigenvalue weighted by Gasteiger charge is -2.08. The van der Waals surface area contributed by atoms with Gasteiger partial charge in [-0.1, -0.05) is 0 Å². The molecule has 0 heterocycles. The minimum atomic E-state index is -1.14. The summed E-state index contributed by atoms with van der Waals surface area (Å²) in [5.74, 6) is -1.70. The number of hydrogen-bond acceptors (Lipinski definition) is 3. The first-order valence-corrected chi connectivity index (χ1v) is 4.30. The number of ether oxygens (including phenoxy) is 1. The second-order valence-electron chi connectivity index (χ2n) is 3.01. The van der Waals surface area contributed by atoms with Crippen molar-refractivity contribution in [2.75, 3.05) is 0 Å². The van der Waals surface area contributed by atoms with Crippen LogP contribution < -0.4 is 0 Å². The quantitative estimate of drug-likeness (QED) is 0.527. The van der Waals surface area contributed by atoms with Gasteiger partial charge in [-0.15, -0.1) is 0 Å². The third-order valence-electron chi connectivity index (χ3n) is 1.95. The van der Waals surface area contributed by atoms with Gasteiger partial charge in [0.1, 0.15) is 6.10 Å². The van der Waals surface area contributed by atoms with Crippen LogP contribution in [0.2, 0.25) is 0 Å². The molecule has 1 aliphatic rings. The molecule has 72 valence electrons. The number of carbonyl (C=O) groups is 2. The highest BCUT2D eigenvalue weighted by atomic mass is 16.5. The van der Waals surface area contributed by atoms with Crippen LogP contribution in [0.4, 0.5) is 0 Å². The highest BCUT2D eigenvalue weighted by molar-refractivity contribution is 5.90. The molecule has 13 heavy (non-hydrogen) atoms. The largest absolute Gasteiger partial charge is 0.478 e. The molecule has 0 aliphatic heterocycles. The molecule has 0 spiro atoms. The second-order valence-corrected chi connectivity index (χ2v) is 3.01. The van der Waals surface area contributed by atoms with E-state index in [0.717, 1.165) is 37.8 Å². The van der Waals surface area contributed by atoms with Crippen LogP contribution in [0.1, 0.15) is 25.7 Å². The zero-order valence-electron chi connectivity index (χ0n) is 7.23. The van der Waals surface area contributed by atoms with Crippen LogP contribution in [0.5, 0.6) is 0 Å². The molecule has 0 atom stereocenters. The number of esters is 1. The molecule has 0 aromatic heterocycles. The summed E-state index contributed by atoms with van der Waals surface area (Å²) in [6.45, 7) is 0. The Morgan fingerprint density at radius 3 is 2.38 bits per heavy atom. The summed E-state index contributed by atoms with van der Waals surface area (Å²) in [7, 11) is 0. The van der Waals surface area contributed by atoms with Crippen LogP contribution in [0, 0.1) is 0 Å². The summed E-state index contributed by atoms with van der Waals surface area (Å²) in [6.07, 6.45) is 5.68. The average Bonchev–Trinajstić information content (AvgIpc) is 2.53. The monoisotopic (exact) mass is 184 g/mol. The van der Waals surface area contributed by atoms with E-state index in [1.54, 1.807) is 0 Å². The van der Waals surface area contributed by atoms with Gasteiger partial charge in [-0.05, 0) is 25.7 Å². The Kier molecular flexibility index (Phi) is 3.49. The Morgan fingerprint density at radius 1 is 1.23 bits per heavy atom. The van der Waals surface area contributed by atoms with Crippen molar-refractivity contribution >= 4 is 11.9 Å². The van der Waals surface area contributed by atoms with Crippen LogP contribution in [0.3, 0.4) is 0 Å². The molecule has 4 nitrogen and oxygen atoms in total. The number of rotatable bonds is 3. The zero-order valence-corrected chi connectivity index (χ0v) is 7.23. The fourth-order valence-electron chi connectivity index (χ4n) is 1.35. The average molecular weight is 184 g/mol. The molecule has 1 saturated carbocycles. The number of carboxylic acid groups (broad SMARTS) is 1. The molecule has 0 aromatic carbocycles. The fourth-order valence-corrected chi connectivity index (χ4v) is 1.35. The third-order valence-corrected chi connectivity index (χ3v) is 1.95. The molecule has 0 saturated heterocycles. The van der Waals surface area contributed by atoms with Crippen molar-refractivity contribution in [3.63, 3.8) is 0 Å². The topological polar surface area (TPSA) is 63.6 Å². The highest BCUT2D eigenvalue weighted by Gasteiger charge is 2.17. The number of aliphatic carboxylic acids is 1. The van der Waals surface area contributed by atoms with Crippen LogP contribution in [0.25, 0.3) is 0 Å². The van der Waals surface area contributed by atoms with Crippen molar-refractivity contribution in [1.82, 2.24) is 0 Å². The normalized spacial score (nSPS) is 17.8. The zero-order chi connectivity index (χ0) is 9.68. The lowest BCUT2D eigenvalue weighted by atomic mass is 10.3. The van der Waals surface area contributed by atoms with Gasteiger partial charge in [0, 0.05) is 12.2 Å². The predicted octanol–water partition coefficient (Wildman–Crippen LogP) is 1.11. The molecule has 1 fully saturated rings. The minimum Gasteiger partial charge on any atom is -0.478 e. The third kappa shape index (κ3) is 3.73. The smallest absolute Gasteiger partial charge is 0.331 e. The summed E-state index contributed by atoms with van der Waals surface area (Å²) >= 11 is 0. The van der Waals surface area contributed by atoms with Gasteiger partial charge >= 0.3 is 11.9 Å². The molecule has 4 heteroatoms. The molecule has 1 N–H and O–H groups in total. The van der Waals surface area contributed by atoms with E-state index >= 15 is 0 Å². The maximum absolute atomic E-state index is 10.9. The first-order valence-electron chi connectivity index (χ1n) is 4.30. The SMILES string of the molecule is O=C(O)/C=C/C(=O)OC1CCCC1. The highest BCUT2D eigenvalue weighted by Crippen LogP contribution is 2.20. The maximum Gasteiger partial charge on any atom is 0.331 e. The molecule has 0 amide bonds. The predicted molar refractivity (Wildman–Crippen MR) is 45.1 cm³/mol. The Labute approximate surface area is 76.2 Å². The minimum absolute atomic E-state index is 0.00838. The van der Waals surface area contributed by atoms with Gasteiger partial charge in [0.25, 0.3) is 0 Å². The molecule has 1 rings (SSSR count). The summed E-state index contributed by atoms with van der Waals surface area (Å²) in [6, 6.07) is 0. The Morgan fingerprint density at radius 2 is 1.85 bits per heavy atom. The molecule has 0 radical (unpaired) electrons. The molecule has 0 aromatic rings. The second kappa shape index (κ2) is 4.64. The first-order chi connectivity index (χ1) is 6.18. The van der Waals surface area contributed by atoms with E-state index < -0.39 is 11.9 Å². The van der Waals surface area contributed by atoms with E-state index in [-0.39, 0.29) is 6.10 Å². The number of hydrogen-bond donors (Lipinski definition) is 1. The maximum atomic E-state index is 10.9. The summed E-state index contributed by atoms with van der Waals surface area (Å²) in [5, 5.41) is 8.23. The molecular formula is C9H12O4. The van der Waals surface area contributed by atoms with E-state index in [2.05, 4.69) is 0 Å². The van der Waals surface area contributed by atoms with Gasteiger partial charge in [0.05, 0.1) is 0 Å². The van der Waals surface area contributed by atoms with E-state index in [0.29, 0.717) is 0 Å². The first kappa shape index (κ1) is 9.77. The van der Waals surface area contributed by atoms with E-state index in [1.807, 2.05) is 0 Å². The van der Waals surface area contributed by atoms with Crippen molar-refractivity contribution in [2.24, 2.45) is 0 Å². The summed E-state index contributed by atoms with van der Waals surface area (Å²) < 4.78 is 4.97. The molecular weight excluding hydrogens is 172 g/mol. The van der Waals surface area contributed by atoms with Gasteiger partial charge in [-0.25, -0.2) is 9.59 Å². The van der Waals surface area contributed by atoms with Crippen molar-refractivity contribution in [3.05, 3.63) is 12.2 Å². The fraction of sp³-hybridized carbons (Fsp3) is 0.556.